The molecule has 9 nitrogen and oxygen atoms in total. The van der Waals surface area contributed by atoms with E-state index in [9.17, 15) is 9.59 Å². The summed E-state index contributed by atoms with van der Waals surface area (Å²) in [4.78, 5) is 30.2. The Kier molecular flexibility index (Phi) is 7.93. The number of methoxy groups -OCH3 is 4. The van der Waals surface area contributed by atoms with Gasteiger partial charge >= 0.3 is 0 Å². The van der Waals surface area contributed by atoms with Gasteiger partial charge in [-0.05, 0) is 25.0 Å². The van der Waals surface area contributed by atoms with Crippen molar-refractivity contribution in [1.82, 2.24) is 5.06 Å². The van der Waals surface area contributed by atoms with Crippen LogP contribution in [0.3, 0.4) is 0 Å². The van der Waals surface area contributed by atoms with Gasteiger partial charge in [0.15, 0.2) is 0 Å². The normalized spacial score (nSPS) is 28.8. The van der Waals surface area contributed by atoms with E-state index >= 15 is 0 Å². The highest BCUT2D eigenvalue weighted by Gasteiger charge is 2.46. The number of carbonyl (C=O) groups is 2. The fourth-order valence-corrected chi connectivity index (χ4v) is 4.08. The number of hydrogen-bond acceptors (Lipinski definition) is 8. The first-order valence-electron chi connectivity index (χ1n) is 9.90. The summed E-state index contributed by atoms with van der Waals surface area (Å²) in [7, 11) is 6.42. The summed E-state index contributed by atoms with van der Waals surface area (Å²) in [5.74, 6) is -0.886. The summed E-state index contributed by atoms with van der Waals surface area (Å²) < 4.78 is 28.3. The first kappa shape index (κ1) is 22.8. The van der Waals surface area contributed by atoms with E-state index in [2.05, 4.69) is 0 Å². The Morgan fingerprint density at radius 1 is 0.867 bits per heavy atom. The molecule has 1 fully saturated rings. The van der Waals surface area contributed by atoms with Gasteiger partial charge in [-0.1, -0.05) is 12.1 Å². The van der Waals surface area contributed by atoms with E-state index in [1.54, 1.807) is 52.7 Å². The number of benzene rings is 1. The maximum Gasteiger partial charge on any atom is 0.285 e. The molecule has 0 spiro atoms. The number of amides is 2. The van der Waals surface area contributed by atoms with Crippen molar-refractivity contribution in [3.8, 4) is 0 Å². The summed E-state index contributed by atoms with van der Waals surface area (Å²) >= 11 is 0. The summed E-state index contributed by atoms with van der Waals surface area (Å²) in [5.41, 5.74) is 0.710. The zero-order chi connectivity index (χ0) is 21.7. The predicted molar refractivity (Wildman–Crippen MR) is 105 cm³/mol. The Bertz CT molecular complexity index is 706. The summed E-state index contributed by atoms with van der Waals surface area (Å²) in [6, 6.07) is 6.67. The summed E-state index contributed by atoms with van der Waals surface area (Å²) in [5, 5.41) is 0.826. The Hall–Kier alpha value is -1.88. The average molecular weight is 423 g/mol. The van der Waals surface area contributed by atoms with Crippen molar-refractivity contribution in [3.05, 3.63) is 35.4 Å². The summed E-state index contributed by atoms with van der Waals surface area (Å²) in [6.45, 7) is 0.541. The van der Waals surface area contributed by atoms with Gasteiger partial charge in [-0.25, -0.2) is 0 Å². The van der Waals surface area contributed by atoms with Gasteiger partial charge in [0.1, 0.15) is 24.4 Å². The highest BCUT2D eigenvalue weighted by molar-refractivity contribution is 6.20. The van der Waals surface area contributed by atoms with Crippen LogP contribution in [-0.2, 0) is 28.5 Å². The van der Waals surface area contributed by atoms with Gasteiger partial charge < -0.3 is 23.7 Å². The fraction of sp³-hybridized carbons (Fsp3) is 0.619. The minimum Gasteiger partial charge on any atom is -0.382 e. The first-order valence-corrected chi connectivity index (χ1v) is 9.90. The van der Waals surface area contributed by atoms with Crippen LogP contribution in [0.25, 0.3) is 0 Å². The largest absolute Gasteiger partial charge is 0.382 e. The molecule has 166 valence electrons. The maximum absolute atomic E-state index is 12.4. The van der Waals surface area contributed by atoms with Gasteiger partial charge in [0.2, 0.25) is 0 Å². The van der Waals surface area contributed by atoms with Crippen molar-refractivity contribution < 1.29 is 38.1 Å². The SMILES string of the molecule is COC[C@H]1O[C@@H](CCCON2C(=O)c3ccccc3C2=O)[C@@H](OC)[C@@H](OC)[C@@H]1OC. The molecule has 0 bridgehead atoms. The van der Waals surface area contributed by atoms with Gasteiger partial charge in [-0.2, -0.15) is 0 Å². The maximum atomic E-state index is 12.4. The van der Waals surface area contributed by atoms with Crippen LogP contribution < -0.4 is 0 Å². The molecule has 1 aromatic carbocycles. The standard InChI is InChI=1S/C21H29NO8/c1-25-12-16-18(27-3)19(28-4)17(26-2)15(30-16)10-7-11-29-22-20(23)13-8-5-6-9-14(13)21(22)24/h5-6,8-9,15-19H,7,10-12H2,1-4H3/t15-,16+,17+,18+,19+/m0/s1. The van der Waals surface area contributed by atoms with Crippen LogP contribution in [0, 0.1) is 0 Å². The monoisotopic (exact) mass is 423 g/mol. The molecule has 9 heteroatoms. The van der Waals surface area contributed by atoms with Gasteiger partial charge in [-0.3, -0.25) is 14.4 Å². The lowest BCUT2D eigenvalue weighted by atomic mass is 9.92. The molecule has 2 amide bonds. The third-order valence-corrected chi connectivity index (χ3v) is 5.49. The zero-order valence-electron chi connectivity index (χ0n) is 17.7. The molecule has 2 heterocycles. The van der Waals surface area contributed by atoms with Crippen molar-refractivity contribution >= 4 is 11.8 Å². The van der Waals surface area contributed by atoms with Crippen molar-refractivity contribution in [1.29, 1.82) is 0 Å². The molecule has 0 aromatic heterocycles. The zero-order valence-corrected chi connectivity index (χ0v) is 17.7. The molecule has 3 rings (SSSR count). The number of hydroxylamine groups is 2. The van der Waals surface area contributed by atoms with Crippen molar-refractivity contribution in [2.45, 2.75) is 43.4 Å². The lowest BCUT2D eigenvalue weighted by Crippen LogP contribution is -2.60. The van der Waals surface area contributed by atoms with Crippen LogP contribution in [0.15, 0.2) is 24.3 Å². The van der Waals surface area contributed by atoms with Crippen LogP contribution in [0.2, 0.25) is 0 Å². The molecule has 30 heavy (non-hydrogen) atoms. The molecular formula is C21H29NO8. The highest BCUT2D eigenvalue weighted by Crippen LogP contribution is 2.30. The number of imide groups is 1. The van der Waals surface area contributed by atoms with E-state index in [0.717, 1.165) is 5.06 Å². The van der Waals surface area contributed by atoms with E-state index in [1.165, 1.54) is 0 Å². The second-order valence-electron chi connectivity index (χ2n) is 7.20. The smallest absolute Gasteiger partial charge is 0.285 e. The van der Waals surface area contributed by atoms with E-state index in [-0.39, 0.29) is 37.1 Å². The molecule has 0 unspecified atom stereocenters. The number of rotatable bonds is 10. The summed E-state index contributed by atoms with van der Waals surface area (Å²) in [6.07, 6.45) is -0.450. The topological polar surface area (TPSA) is 92.8 Å². The lowest BCUT2D eigenvalue weighted by molar-refractivity contribution is -0.251. The molecule has 0 aliphatic carbocycles. The minimum atomic E-state index is -0.443. The van der Waals surface area contributed by atoms with E-state index in [4.69, 9.17) is 28.5 Å². The quantitative estimate of drug-likeness (QED) is 0.413. The number of ether oxygens (including phenoxy) is 5. The lowest BCUT2D eigenvalue weighted by Gasteiger charge is -2.45. The predicted octanol–water partition coefficient (Wildman–Crippen LogP) is 1.45. The van der Waals surface area contributed by atoms with Crippen molar-refractivity contribution in [3.63, 3.8) is 0 Å². The van der Waals surface area contributed by atoms with Crippen molar-refractivity contribution in [2.75, 3.05) is 41.7 Å². The van der Waals surface area contributed by atoms with Gasteiger partial charge in [-0.15, -0.1) is 5.06 Å². The Labute approximate surface area is 176 Å². The van der Waals surface area contributed by atoms with Gasteiger partial charge in [0, 0.05) is 28.4 Å². The molecule has 0 radical (unpaired) electrons. The highest BCUT2D eigenvalue weighted by atomic mass is 16.7. The number of fused-ring (bicyclic) bond motifs is 1. The molecule has 1 aromatic rings. The molecule has 0 N–H and O–H groups in total. The van der Waals surface area contributed by atoms with Crippen LogP contribution in [0.4, 0.5) is 0 Å². The van der Waals surface area contributed by atoms with Gasteiger partial charge in [0.25, 0.3) is 11.8 Å². The first-order chi connectivity index (χ1) is 14.6. The molecule has 0 saturated carbocycles. The van der Waals surface area contributed by atoms with Crippen LogP contribution in [-0.4, -0.2) is 89.1 Å². The van der Waals surface area contributed by atoms with Crippen LogP contribution in [0.1, 0.15) is 33.6 Å². The Balaban J connectivity index is 1.57. The number of hydrogen-bond donors (Lipinski definition) is 0. The number of nitrogens with zero attached hydrogens (tertiary/aromatic N) is 1. The van der Waals surface area contributed by atoms with E-state index in [0.29, 0.717) is 30.6 Å². The Morgan fingerprint density at radius 2 is 1.43 bits per heavy atom. The molecule has 1 saturated heterocycles. The molecule has 2 aliphatic heterocycles. The minimum absolute atomic E-state index is 0.183. The van der Waals surface area contributed by atoms with E-state index in [1.807, 2.05) is 0 Å². The molecule has 5 atom stereocenters. The third kappa shape index (κ3) is 4.41. The fourth-order valence-electron chi connectivity index (χ4n) is 4.08. The molecular weight excluding hydrogens is 394 g/mol. The van der Waals surface area contributed by atoms with Crippen molar-refractivity contribution in [2.24, 2.45) is 0 Å². The van der Waals surface area contributed by atoms with E-state index < -0.39 is 11.8 Å². The Morgan fingerprint density at radius 3 is 1.97 bits per heavy atom. The second kappa shape index (κ2) is 10.4. The second-order valence-corrected chi connectivity index (χ2v) is 7.20. The number of carbonyl (C=O) groups excluding carboxylic acids is 2. The average Bonchev–Trinajstić information content (AvgIpc) is 3.01. The molecule has 2 aliphatic rings. The van der Waals surface area contributed by atoms with Crippen LogP contribution >= 0.6 is 0 Å². The van der Waals surface area contributed by atoms with Crippen LogP contribution in [0.5, 0.6) is 0 Å². The van der Waals surface area contributed by atoms with Gasteiger partial charge in [0.05, 0.1) is 30.4 Å². The third-order valence-electron chi connectivity index (χ3n) is 5.49.